The number of hydrogen-bond donors (Lipinski definition) is 0. The topological polar surface area (TPSA) is 98.5 Å². The third kappa shape index (κ3) is 6.09. The number of carbonyl (C=O) groups is 1. The van der Waals surface area contributed by atoms with Crippen LogP contribution in [0.15, 0.2) is 36.9 Å². The monoisotopic (exact) mass is 549 g/mol. The minimum Gasteiger partial charge on any atom is -0.493 e. The molecule has 212 valence electrons. The number of aromatic nitrogens is 5. The summed E-state index contributed by atoms with van der Waals surface area (Å²) in [6, 6.07) is 4.83. The smallest absolute Gasteiger partial charge is 0.227 e. The molecule has 2 aliphatic heterocycles. The summed E-state index contributed by atoms with van der Waals surface area (Å²) >= 11 is 0. The Morgan fingerprint density at radius 3 is 2.73 bits per heavy atom. The number of methoxy groups -OCH3 is 1. The molecule has 1 aliphatic carbocycles. The highest BCUT2D eigenvalue weighted by Gasteiger charge is 2.43. The highest BCUT2D eigenvalue weighted by atomic mass is 19.1. The molecule has 11 heteroatoms. The first-order valence-corrected chi connectivity index (χ1v) is 14.2. The zero-order chi connectivity index (χ0) is 27.5. The number of nitrogens with zero attached hydrogens (tertiary/aromatic N) is 7. The summed E-state index contributed by atoms with van der Waals surface area (Å²) in [6.07, 6.45) is 9.94. The average molecular weight is 550 g/mol. The van der Waals surface area contributed by atoms with Gasteiger partial charge in [0.1, 0.15) is 17.9 Å². The number of hydrogen-bond acceptors (Lipinski definition) is 8. The van der Waals surface area contributed by atoms with E-state index < -0.39 is 5.82 Å². The number of amides is 1. The van der Waals surface area contributed by atoms with E-state index in [1.807, 2.05) is 17.0 Å². The van der Waals surface area contributed by atoms with Gasteiger partial charge in [-0.25, -0.2) is 14.4 Å². The number of halogens is 1. The Balaban J connectivity index is 0.909. The molecule has 6 rings (SSSR count). The van der Waals surface area contributed by atoms with Crippen LogP contribution in [0.5, 0.6) is 5.75 Å². The summed E-state index contributed by atoms with van der Waals surface area (Å²) in [5.74, 6) is 3.73. The maximum atomic E-state index is 14.8. The van der Waals surface area contributed by atoms with Gasteiger partial charge in [0, 0.05) is 57.3 Å². The van der Waals surface area contributed by atoms with Crippen LogP contribution in [0.3, 0.4) is 0 Å². The fourth-order valence-electron chi connectivity index (χ4n) is 6.10. The summed E-state index contributed by atoms with van der Waals surface area (Å²) in [7, 11) is 1.67. The molecule has 4 heterocycles. The Bertz CT molecular complexity index is 1310. The zero-order valence-corrected chi connectivity index (χ0v) is 22.9. The summed E-state index contributed by atoms with van der Waals surface area (Å²) in [4.78, 5) is 25.7. The first kappa shape index (κ1) is 26.6. The van der Waals surface area contributed by atoms with Gasteiger partial charge in [0.25, 0.3) is 0 Å². The predicted octanol–water partition coefficient (Wildman–Crippen LogP) is 3.26. The number of ether oxygens (including phenoxy) is 2. The van der Waals surface area contributed by atoms with Crippen molar-refractivity contribution in [3.63, 3.8) is 0 Å². The molecule has 0 spiro atoms. The molecule has 2 atom stereocenters. The maximum absolute atomic E-state index is 14.8. The van der Waals surface area contributed by atoms with Gasteiger partial charge in [0.15, 0.2) is 5.82 Å². The molecule has 1 saturated carbocycles. The van der Waals surface area contributed by atoms with Crippen LogP contribution < -0.4 is 9.64 Å². The summed E-state index contributed by atoms with van der Waals surface area (Å²) in [5.41, 5.74) is 1.37. The summed E-state index contributed by atoms with van der Waals surface area (Å²) in [6.45, 7) is 4.72. The van der Waals surface area contributed by atoms with Gasteiger partial charge in [-0.1, -0.05) is 6.07 Å². The lowest BCUT2D eigenvalue weighted by Crippen LogP contribution is -2.39. The van der Waals surface area contributed by atoms with E-state index in [0.717, 1.165) is 61.5 Å². The third-order valence-electron chi connectivity index (χ3n) is 8.52. The molecule has 3 aromatic rings. The third-order valence-corrected chi connectivity index (χ3v) is 8.52. The van der Waals surface area contributed by atoms with Crippen molar-refractivity contribution in [2.45, 2.75) is 51.8 Å². The van der Waals surface area contributed by atoms with Crippen LogP contribution >= 0.6 is 0 Å². The number of carbonyl (C=O) groups excluding carboxylic acids is 1. The molecule has 40 heavy (non-hydrogen) atoms. The molecule has 2 aromatic heterocycles. The standard InChI is InChI=1S/C29H36FN7O3/c1-39-18-20-15-31-29(32-16-20)35-7-4-21(5-8-35)25-12-22(25)6-11-40-24-3-2-23(26(30)14-24)13-28(38)36-9-10-37-19-33-34-27(37)17-36/h2-3,14-16,19,21-22,25H,4-13,17-18H2,1H3/t22-,25-/m1/s1. The molecule has 0 bridgehead atoms. The normalized spacial score (nSPS) is 20.9. The molecular weight excluding hydrogens is 513 g/mol. The lowest BCUT2D eigenvalue weighted by atomic mass is 9.90. The first-order valence-electron chi connectivity index (χ1n) is 14.2. The van der Waals surface area contributed by atoms with E-state index in [9.17, 15) is 9.18 Å². The summed E-state index contributed by atoms with van der Waals surface area (Å²) in [5, 5.41) is 7.93. The van der Waals surface area contributed by atoms with E-state index in [0.29, 0.717) is 50.1 Å². The van der Waals surface area contributed by atoms with Gasteiger partial charge in [-0.2, -0.15) is 0 Å². The molecule has 2 fully saturated rings. The van der Waals surface area contributed by atoms with Crippen molar-refractivity contribution in [2.75, 3.05) is 38.3 Å². The van der Waals surface area contributed by atoms with Crippen molar-refractivity contribution in [1.29, 1.82) is 0 Å². The molecule has 10 nitrogen and oxygen atoms in total. The number of benzene rings is 1. The van der Waals surface area contributed by atoms with E-state index in [2.05, 4.69) is 25.1 Å². The van der Waals surface area contributed by atoms with Crippen molar-refractivity contribution in [1.82, 2.24) is 29.6 Å². The van der Waals surface area contributed by atoms with Crippen LogP contribution in [-0.2, 0) is 35.6 Å². The van der Waals surface area contributed by atoms with Crippen LogP contribution in [0.25, 0.3) is 0 Å². The van der Waals surface area contributed by atoms with Gasteiger partial charge in [0.05, 0.1) is 26.2 Å². The molecule has 0 radical (unpaired) electrons. The van der Waals surface area contributed by atoms with E-state index >= 15 is 0 Å². The van der Waals surface area contributed by atoms with Gasteiger partial charge < -0.3 is 23.8 Å². The molecule has 3 aliphatic rings. The quantitative estimate of drug-likeness (QED) is 0.380. The van der Waals surface area contributed by atoms with Crippen molar-refractivity contribution in [2.24, 2.45) is 17.8 Å². The van der Waals surface area contributed by atoms with Gasteiger partial charge in [-0.15, -0.1) is 10.2 Å². The van der Waals surface area contributed by atoms with Crippen LogP contribution in [0.2, 0.25) is 0 Å². The Hall–Kier alpha value is -3.60. The summed E-state index contributed by atoms with van der Waals surface area (Å²) < 4.78 is 27.7. The van der Waals surface area contributed by atoms with Crippen molar-refractivity contribution in [3.05, 3.63) is 59.7 Å². The lowest BCUT2D eigenvalue weighted by molar-refractivity contribution is -0.132. The number of fused-ring (bicyclic) bond motifs is 1. The minimum atomic E-state index is -0.403. The zero-order valence-electron chi connectivity index (χ0n) is 22.9. The van der Waals surface area contributed by atoms with Crippen LogP contribution in [0, 0.1) is 23.6 Å². The number of piperidine rings is 1. The molecule has 1 aromatic carbocycles. The fraction of sp³-hybridized carbons (Fsp3) is 0.552. The van der Waals surface area contributed by atoms with Gasteiger partial charge >= 0.3 is 0 Å². The van der Waals surface area contributed by atoms with Crippen molar-refractivity contribution >= 4 is 11.9 Å². The largest absolute Gasteiger partial charge is 0.493 e. The molecule has 1 saturated heterocycles. The highest BCUT2D eigenvalue weighted by Crippen LogP contribution is 2.49. The van der Waals surface area contributed by atoms with Crippen LogP contribution in [0.4, 0.5) is 10.3 Å². The SMILES string of the molecule is COCc1cnc(N2CCC([C@H]3C[C@H]3CCOc3ccc(CC(=O)N4CCn5cnnc5C4)c(F)c3)CC2)nc1. The van der Waals surface area contributed by atoms with Crippen LogP contribution in [0.1, 0.15) is 42.6 Å². The van der Waals surface area contributed by atoms with Gasteiger partial charge in [-0.3, -0.25) is 4.79 Å². The molecule has 0 unspecified atom stereocenters. The number of rotatable bonds is 10. The Kier molecular flexibility index (Phi) is 7.90. The maximum Gasteiger partial charge on any atom is 0.227 e. The number of anilines is 1. The first-order chi connectivity index (χ1) is 19.6. The molecular formula is C29H36FN7O3. The van der Waals surface area contributed by atoms with Gasteiger partial charge in [0.2, 0.25) is 11.9 Å². The van der Waals surface area contributed by atoms with Crippen LogP contribution in [-0.4, -0.2) is 68.9 Å². The second-order valence-electron chi connectivity index (χ2n) is 11.1. The van der Waals surface area contributed by atoms with Crippen molar-refractivity contribution < 1.29 is 18.7 Å². The van der Waals surface area contributed by atoms with Crippen molar-refractivity contribution in [3.8, 4) is 5.75 Å². The second kappa shape index (κ2) is 11.9. The van der Waals surface area contributed by atoms with E-state index in [1.165, 1.54) is 12.5 Å². The Morgan fingerprint density at radius 2 is 1.95 bits per heavy atom. The fourth-order valence-corrected chi connectivity index (χ4v) is 6.10. The Morgan fingerprint density at radius 1 is 1.12 bits per heavy atom. The average Bonchev–Trinajstić information content (AvgIpc) is 3.59. The minimum absolute atomic E-state index is 0.0219. The highest BCUT2D eigenvalue weighted by molar-refractivity contribution is 5.79. The van der Waals surface area contributed by atoms with E-state index in [1.54, 1.807) is 30.5 Å². The molecule has 1 amide bonds. The van der Waals surface area contributed by atoms with E-state index in [4.69, 9.17) is 9.47 Å². The lowest BCUT2D eigenvalue weighted by Gasteiger charge is -2.32. The molecule has 0 N–H and O–H groups in total. The second-order valence-corrected chi connectivity index (χ2v) is 11.1. The van der Waals surface area contributed by atoms with Gasteiger partial charge in [-0.05, 0) is 55.1 Å². The predicted molar refractivity (Wildman–Crippen MR) is 145 cm³/mol. The van der Waals surface area contributed by atoms with E-state index in [-0.39, 0.29) is 12.3 Å². The Labute approximate surface area is 233 Å².